The van der Waals surface area contributed by atoms with E-state index in [1.807, 2.05) is 9.80 Å². The Morgan fingerprint density at radius 1 is 0.857 bits per heavy atom. The number of amides is 3. The topological polar surface area (TPSA) is 85.0 Å². The molecule has 3 amide bonds. The van der Waals surface area contributed by atoms with E-state index in [9.17, 15) is 27.6 Å². The van der Waals surface area contributed by atoms with Crippen LogP contribution in [0.25, 0.3) is 0 Å². The number of piperazine rings is 1. The minimum atomic E-state index is -4.51. The number of carbonyl (C=O) groups excluding carboxylic acids is 3. The number of rotatable bonds is 7. The lowest BCUT2D eigenvalue weighted by atomic mass is 10.1. The van der Waals surface area contributed by atoms with Crippen molar-refractivity contribution in [2.24, 2.45) is 0 Å². The third-order valence-electron chi connectivity index (χ3n) is 5.55. The molecular weight excluding hydrogens is 463 g/mol. The van der Waals surface area contributed by atoms with Crippen molar-refractivity contribution < 1.29 is 27.6 Å². The third kappa shape index (κ3) is 7.79. The van der Waals surface area contributed by atoms with Gasteiger partial charge in [-0.2, -0.15) is 13.2 Å². The molecule has 0 aliphatic carbocycles. The number of nitrogens with one attached hydrogen (secondary N) is 2. The fourth-order valence-electron chi connectivity index (χ4n) is 3.56. The molecule has 0 bridgehead atoms. The molecular formula is C24H28F3N5O3. The van der Waals surface area contributed by atoms with Crippen molar-refractivity contribution in [2.75, 3.05) is 64.0 Å². The van der Waals surface area contributed by atoms with Crippen LogP contribution in [0.4, 0.5) is 24.5 Å². The molecule has 35 heavy (non-hydrogen) atoms. The van der Waals surface area contributed by atoms with Crippen LogP contribution in [0.3, 0.4) is 0 Å². The molecule has 1 heterocycles. The molecule has 2 aromatic carbocycles. The van der Waals surface area contributed by atoms with E-state index < -0.39 is 17.6 Å². The Bertz CT molecular complexity index is 1070. The summed E-state index contributed by atoms with van der Waals surface area (Å²) in [4.78, 5) is 42.4. The highest BCUT2D eigenvalue weighted by molar-refractivity contribution is 6.05. The molecule has 8 nitrogen and oxygen atoms in total. The Labute approximate surface area is 201 Å². The van der Waals surface area contributed by atoms with Crippen LogP contribution in [0.1, 0.15) is 15.9 Å². The quantitative estimate of drug-likeness (QED) is 0.622. The monoisotopic (exact) mass is 491 g/mol. The van der Waals surface area contributed by atoms with Crippen LogP contribution >= 0.6 is 0 Å². The zero-order valence-corrected chi connectivity index (χ0v) is 19.6. The average molecular weight is 492 g/mol. The normalized spacial score (nSPS) is 14.9. The van der Waals surface area contributed by atoms with Gasteiger partial charge >= 0.3 is 6.18 Å². The van der Waals surface area contributed by atoms with Crippen LogP contribution in [-0.4, -0.2) is 85.8 Å². The fourth-order valence-corrected chi connectivity index (χ4v) is 3.56. The lowest BCUT2D eigenvalue weighted by molar-refractivity contribution is -0.137. The maximum atomic E-state index is 12.9. The molecule has 188 valence electrons. The summed E-state index contributed by atoms with van der Waals surface area (Å²) in [6.07, 6.45) is -4.51. The lowest BCUT2D eigenvalue weighted by Crippen LogP contribution is -2.50. The lowest BCUT2D eigenvalue weighted by Gasteiger charge is -2.34. The molecule has 0 radical (unpaired) electrons. The van der Waals surface area contributed by atoms with E-state index in [1.54, 1.807) is 31.1 Å². The van der Waals surface area contributed by atoms with Crippen molar-refractivity contribution in [3.05, 3.63) is 59.7 Å². The van der Waals surface area contributed by atoms with Gasteiger partial charge < -0.3 is 15.5 Å². The van der Waals surface area contributed by atoms with Gasteiger partial charge in [-0.15, -0.1) is 0 Å². The molecule has 11 heteroatoms. The summed E-state index contributed by atoms with van der Waals surface area (Å²) in [5, 5.41) is 5.20. The molecule has 0 spiro atoms. The second-order valence-corrected chi connectivity index (χ2v) is 8.50. The smallest absolute Gasteiger partial charge is 0.348 e. The standard InChI is InChI=1S/C24H28F3N5O3/c1-30(2)22(34)16-32-11-9-31(10-12-32)15-21(33)28-19-7-3-5-17(13-19)23(35)29-20-8-4-6-18(14-20)24(25,26)27/h3-8,13-14H,9-12,15-16H2,1-2H3,(H,28,33)(H,29,35). The Hall–Kier alpha value is -3.44. The minimum Gasteiger partial charge on any atom is -0.348 e. The van der Waals surface area contributed by atoms with E-state index in [2.05, 4.69) is 10.6 Å². The summed E-state index contributed by atoms with van der Waals surface area (Å²) < 4.78 is 38.7. The van der Waals surface area contributed by atoms with Gasteiger partial charge in [-0.3, -0.25) is 24.2 Å². The van der Waals surface area contributed by atoms with Crippen molar-refractivity contribution in [1.29, 1.82) is 0 Å². The Morgan fingerprint density at radius 3 is 2.03 bits per heavy atom. The number of halogens is 3. The molecule has 1 saturated heterocycles. The molecule has 2 aromatic rings. The summed E-state index contributed by atoms with van der Waals surface area (Å²) in [6.45, 7) is 3.16. The highest BCUT2D eigenvalue weighted by Crippen LogP contribution is 2.30. The van der Waals surface area contributed by atoms with Gasteiger partial charge in [0.15, 0.2) is 0 Å². The number of nitrogens with zero attached hydrogens (tertiary/aromatic N) is 3. The highest BCUT2D eigenvalue weighted by atomic mass is 19.4. The van der Waals surface area contributed by atoms with Crippen LogP contribution in [0.5, 0.6) is 0 Å². The van der Waals surface area contributed by atoms with Gasteiger partial charge in [-0.1, -0.05) is 12.1 Å². The van der Waals surface area contributed by atoms with Gasteiger partial charge in [-0.05, 0) is 36.4 Å². The highest BCUT2D eigenvalue weighted by Gasteiger charge is 2.30. The van der Waals surface area contributed by atoms with Crippen LogP contribution in [0, 0.1) is 0 Å². The molecule has 1 fully saturated rings. The van der Waals surface area contributed by atoms with Crippen LogP contribution in [0.15, 0.2) is 48.5 Å². The fraction of sp³-hybridized carbons (Fsp3) is 0.375. The van der Waals surface area contributed by atoms with Crippen molar-refractivity contribution in [1.82, 2.24) is 14.7 Å². The number of carbonyl (C=O) groups is 3. The van der Waals surface area contributed by atoms with E-state index in [0.29, 0.717) is 38.4 Å². The first-order chi connectivity index (χ1) is 16.5. The van der Waals surface area contributed by atoms with E-state index in [1.165, 1.54) is 24.3 Å². The molecule has 0 aromatic heterocycles. The van der Waals surface area contributed by atoms with Gasteiger partial charge in [0, 0.05) is 57.2 Å². The van der Waals surface area contributed by atoms with Crippen LogP contribution in [-0.2, 0) is 15.8 Å². The largest absolute Gasteiger partial charge is 0.416 e. The van der Waals surface area contributed by atoms with E-state index in [-0.39, 0.29) is 29.6 Å². The second-order valence-electron chi connectivity index (χ2n) is 8.50. The molecule has 0 saturated carbocycles. The molecule has 0 atom stereocenters. The predicted octanol–water partition coefficient (Wildman–Crippen LogP) is 2.60. The molecule has 3 rings (SSSR count). The SMILES string of the molecule is CN(C)C(=O)CN1CCN(CC(=O)Nc2cccc(C(=O)Nc3cccc(C(F)(F)F)c3)c2)CC1. The maximum Gasteiger partial charge on any atom is 0.416 e. The van der Waals surface area contributed by atoms with Crippen LogP contribution in [0.2, 0.25) is 0 Å². The summed E-state index contributed by atoms with van der Waals surface area (Å²) in [5.74, 6) is -0.810. The van der Waals surface area contributed by atoms with E-state index in [4.69, 9.17) is 0 Å². The number of anilines is 2. The van der Waals surface area contributed by atoms with Crippen LogP contribution < -0.4 is 10.6 Å². The second kappa shape index (κ2) is 11.3. The third-order valence-corrected chi connectivity index (χ3v) is 5.55. The zero-order valence-electron chi connectivity index (χ0n) is 19.6. The van der Waals surface area contributed by atoms with Crippen molar-refractivity contribution in [3.63, 3.8) is 0 Å². The van der Waals surface area contributed by atoms with Gasteiger partial charge in [0.05, 0.1) is 18.7 Å². The summed E-state index contributed by atoms with van der Waals surface area (Å²) in [5.41, 5.74) is -0.242. The first kappa shape index (κ1) is 26.2. The first-order valence-corrected chi connectivity index (χ1v) is 11.0. The van der Waals surface area contributed by atoms with Crippen molar-refractivity contribution >= 4 is 29.1 Å². The summed E-state index contributed by atoms with van der Waals surface area (Å²) in [6, 6.07) is 10.6. The number of likely N-dealkylation sites (N-methyl/N-ethyl adjacent to an activating group) is 1. The summed E-state index contributed by atoms with van der Waals surface area (Å²) >= 11 is 0. The zero-order chi connectivity index (χ0) is 25.6. The minimum absolute atomic E-state index is 0.0192. The first-order valence-electron chi connectivity index (χ1n) is 11.0. The van der Waals surface area contributed by atoms with E-state index >= 15 is 0 Å². The molecule has 1 aliphatic rings. The summed E-state index contributed by atoms with van der Waals surface area (Å²) in [7, 11) is 3.43. The molecule has 2 N–H and O–H groups in total. The average Bonchev–Trinajstić information content (AvgIpc) is 2.80. The number of alkyl halides is 3. The van der Waals surface area contributed by atoms with Gasteiger partial charge in [0.1, 0.15) is 0 Å². The molecule has 1 aliphatic heterocycles. The number of hydrogen-bond donors (Lipinski definition) is 2. The van der Waals surface area contributed by atoms with Gasteiger partial charge in [0.25, 0.3) is 5.91 Å². The van der Waals surface area contributed by atoms with Crippen molar-refractivity contribution in [2.45, 2.75) is 6.18 Å². The van der Waals surface area contributed by atoms with Crippen molar-refractivity contribution in [3.8, 4) is 0 Å². The maximum absolute atomic E-state index is 12.9. The Kier molecular flexibility index (Phi) is 8.47. The molecule has 0 unspecified atom stereocenters. The van der Waals surface area contributed by atoms with E-state index in [0.717, 1.165) is 12.1 Å². The predicted molar refractivity (Wildman–Crippen MR) is 126 cm³/mol. The Balaban J connectivity index is 1.52. The number of hydrogen-bond acceptors (Lipinski definition) is 5. The van der Waals surface area contributed by atoms with Gasteiger partial charge in [0.2, 0.25) is 11.8 Å². The van der Waals surface area contributed by atoms with Gasteiger partial charge in [-0.25, -0.2) is 0 Å². The Morgan fingerprint density at radius 2 is 1.43 bits per heavy atom. The number of benzene rings is 2.